The maximum atomic E-state index is 11.0. The molecule has 4 nitrogen and oxygen atoms in total. The molecule has 9 heteroatoms. The van der Waals surface area contributed by atoms with Crippen LogP contribution in [0, 0.1) is 0 Å². The van der Waals surface area contributed by atoms with E-state index >= 15 is 0 Å². The summed E-state index contributed by atoms with van der Waals surface area (Å²) in [5.74, 6) is 0. The lowest BCUT2D eigenvalue weighted by atomic mass is 10.1. The molecule has 0 aliphatic rings. The first-order valence-corrected chi connectivity index (χ1v) is 10.8. The lowest BCUT2D eigenvalue weighted by Crippen LogP contribution is -1.89. The van der Waals surface area contributed by atoms with Crippen LogP contribution in [-0.2, 0) is 17.3 Å². The molecule has 0 bridgehead atoms. The van der Waals surface area contributed by atoms with Gasteiger partial charge in [0, 0.05) is 32.0 Å². The molecule has 2 aromatic rings. The van der Waals surface area contributed by atoms with E-state index < -0.39 is 17.3 Å². The third-order valence-electron chi connectivity index (χ3n) is 2.24. The highest BCUT2D eigenvalue weighted by Gasteiger charge is 2.08. The first-order chi connectivity index (χ1) is 9.57. The third kappa shape index (κ3) is 7.68. The van der Waals surface area contributed by atoms with Gasteiger partial charge in [0.1, 0.15) is 0 Å². The fraction of sp³-hybridized carbons (Fsp3) is 0. The van der Waals surface area contributed by atoms with Gasteiger partial charge in [-0.2, -0.15) is 8.42 Å². The maximum absolute atomic E-state index is 11.0. The molecule has 0 aliphatic carbocycles. The highest BCUT2D eigenvalue weighted by Crippen LogP contribution is 2.22. The molecule has 114 valence electrons. The van der Waals surface area contributed by atoms with Crippen molar-refractivity contribution in [2.45, 2.75) is 4.90 Å². The van der Waals surface area contributed by atoms with Gasteiger partial charge in [0.15, 0.2) is 0 Å². The summed E-state index contributed by atoms with van der Waals surface area (Å²) in [6.45, 7) is 0. The molecule has 2 aromatic carbocycles. The van der Waals surface area contributed by atoms with Crippen molar-refractivity contribution in [3.63, 3.8) is 0 Å². The Bertz CT molecular complexity index is 778. The second-order valence-electron chi connectivity index (χ2n) is 3.71. The molecule has 21 heavy (non-hydrogen) atoms. The van der Waals surface area contributed by atoms with Crippen LogP contribution in [0.4, 0.5) is 0 Å². The molecule has 0 spiro atoms. The van der Waals surface area contributed by atoms with Gasteiger partial charge >= 0.3 is 8.26 Å². The van der Waals surface area contributed by atoms with E-state index in [0.717, 1.165) is 11.1 Å². The molecule has 0 atom stereocenters. The van der Waals surface area contributed by atoms with Gasteiger partial charge < -0.3 is 0 Å². The summed E-state index contributed by atoms with van der Waals surface area (Å²) in [7, 11) is 6.41. The number of halogens is 3. The zero-order valence-corrected chi connectivity index (χ0v) is 14.2. The summed E-state index contributed by atoms with van der Waals surface area (Å²) >= 11 is 0. The standard InChI is InChI=1S/C12H9ClO2S.Cl2O2S/c13-16(14,15)12-8-6-11(7-9-12)10-4-2-1-3-5-10;1-5(2,3)4/h1-9H;. The lowest BCUT2D eigenvalue weighted by molar-refractivity contribution is 0.609. The fourth-order valence-electron chi connectivity index (χ4n) is 1.44. The Morgan fingerprint density at radius 2 is 1.00 bits per heavy atom. The molecular formula is C12H9Cl3O4S2. The zero-order valence-electron chi connectivity index (χ0n) is 10.3. The smallest absolute Gasteiger partial charge is 0.207 e. The molecule has 2 rings (SSSR count). The molecule has 0 aliphatic heterocycles. The SMILES string of the molecule is O=S(=O)(Cl)Cl.O=S(=O)(Cl)c1ccc(-c2ccccc2)cc1. The van der Waals surface area contributed by atoms with Crippen molar-refractivity contribution in [3.05, 3.63) is 54.6 Å². The van der Waals surface area contributed by atoms with Crippen LogP contribution >= 0.6 is 32.0 Å². The van der Waals surface area contributed by atoms with Gasteiger partial charge in [0.05, 0.1) is 4.90 Å². The van der Waals surface area contributed by atoms with E-state index in [9.17, 15) is 8.42 Å². The number of hydrogen-bond acceptors (Lipinski definition) is 4. The van der Waals surface area contributed by atoms with E-state index in [-0.39, 0.29) is 4.90 Å². The predicted octanol–water partition coefficient (Wildman–Crippen LogP) is 3.99. The van der Waals surface area contributed by atoms with Gasteiger partial charge in [-0.15, -0.1) is 0 Å². The Morgan fingerprint density at radius 3 is 1.38 bits per heavy atom. The van der Waals surface area contributed by atoms with Crippen molar-refractivity contribution in [3.8, 4) is 11.1 Å². The Morgan fingerprint density at radius 1 is 0.619 bits per heavy atom. The van der Waals surface area contributed by atoms with Crippen LogP contribution in [0.25, 0.3) is 11.1 Å². The molecule has 0 saturated carbocycles. The van der Waals surface area contributed by atoms with Crippen molar-refractivity contribution >= 4 is 49.4 Å². The van der Waals surface area contributed by atoms with Gasteiger partial charge in [0.2, 0.25) is 0 Å². The largest absolute Gasteiger partial charge is 0.317 e. The summed E-state index contributed by atoms with van der Waals surface area (Å²) in [5.41, 5.74) is 2.01. The third-order valence-corrected chi connectivity index (χ3v) is 3.61. The molecule has 0 fully saturated rings. The molecular weight excluding hydrogens is 379 g/mol. The minimum absolute atomic E-state index is 0.119. The molecule has 0 unspecified atom stereocenters. The first-order valence-electron chi connectivity index (χ1n) is 5.32. The van der Waals surface area contributed by atoms with Crippen molar-refractivity contribution in [1.29, 1.82) is 0 Å². The number of rotatable bonds is 2. The highest BCUT2D eigenvalue weighted by atomic mass is 36.0. The molecule has 0 N–H and O–H groups in total. The van der Waals surface area contributed by atoms with Gasteiger partial charge in [0.25, 0.3) is 9.05 Å². The van der Waals surface area contributed by atoms with Gasteiger partial charge in [-0.1, -0.05) is 42.5 Å². The maximum Gasteiger partial charge on any atom is 0.317 e. The summed E-state index contributed by atoms with van der Waals surface area (Å²) in [6.07, 6.45) is 0. The van der Waals surface area contributed by atoms with E-state index in [4.69, 9.17) is 19.1 Å². The van der Waals surface area contributed by atoms with Crippen LogP contribution in [0.2, 0.25) is 0 Å². The van der Waals surface area contributed by atoms with Crippen molar-refractivity contribution < 1.29 is 16.8 Å². The second-order valence-corrected chi connectivity index (χ2v) is 9.94. The van der Waals surface area contributed by atoms with Crippen LogP contribution in [-0.4, -0.2) is 16.8 Å². The summed E-state index contributed by atoms with van der Waals surface area (Å²) < 4.78 is 40.4. The van der Waals surface area contributed by atoms with E-state index in [1.165, 1.54) is 12.1 Å². The van der Waals surface area contributed by atoms with Crippen LogP contribution in [0.1, 0.15) is 0 Å². The van der Waals surface area contributed by atoms with Gasteiger partial charge in [-0.3, -0.25) is 0 Å². The zero-order chi connectivity index (χ0) is 16.1. The van der Waals surface area contributed by atoms with Crippen molar-refractivity contribution in [1.82, 2.24) is 0 Å². The highest BCUT2D eigenvalue weighted by molar-refractivity contribution is 8.31. The predicted molar refractivity (Wildman–Crippen MR) is 85.5 cm³/mol. The first kappa shape index (κ1) is 18.3. The Labute approximate surface area is 136 Å². The normalized spacial score (nSPS) is 11.4. The van der Waals surface area contributed by atoms with E-state index in [2.05, 4.69) is 21.4 Å². The average molecular weight is 388 g/mol. The summed E-state index contributed by atoms with van der Waals surface area (Å²) in [6, 6.07) is 16.2. The molecule has 0 saturated heterocycles. The van der Waals surface area contributed by atoms with Gasteiger partial charge in [-0.25, -0.2) is 8.42 Å². The average Bonchev–Trinajstić information content (AvgIpc) is 2.37. The lowest BCUT2D eigenvalue weighted by Gasteiger charge is -2.01. The minimum atomic E-state index is -3.72. The quantitative estimate of drug-likeness (QED) is 0.731. The topological polar surface area (TPSA) is 68.3 Å². The van der Waals surface area contributed by atoms with E-state index in [0.29, 0.717) is 0 Å². The Balaban J connectivity index is 0.000000383. The Hall–Kier alpha value is -0.790. The molecule has 0 heterocycles. The second kappa shape index (κ2) is 7.47. The molecule has 0 aromatic heterocycles. The van der Waals surface area contributed by atoms with E-state index in [1.807, 2.05) is 30.3 Å². The molecule has 0 amide bonds. The number of hydrogen-bond donors (Lipinski definition) is 0. The van der Waals surface area contributed by atoms with Crippen LogP contribution in [0.15, 0.2) is 59.5 Å². The Kier molecular flexibility index (Phi) is 6.49. The summed E-state index contributed by atoms with van der Waals surface area (Å²) in [5, 5.41) is 0. The van der Waals surface area contributed by atoms with E-state index in [1.54, 1.807) is 12.1 Å². The molecule has 0 radical (unpaired) electrons. The van der Waals surface area contributed by atoms with Crippen molar-refractivity contribution in [2.75, 3.05) is 0 Å². The number of benzene rings is 2. The minimum Gasteiger partial charge on any atom is -0.207 e. The van der Waals surface area contributed by atoms with Crippen molar-refractivity contribution in [2.24, 2.45) is 0 Å². The summed E-state index contributed by atoms with van der Waals surface area (Å²) in [4.78, 5) is 0.119. The fourth-order valence-corrected chi connectivity index (χ4v) is 2.21. The monoisotopic (exact) mass is 386 g/mol. The van der Waals surface area contributed by atoms with Crippen LogP contribution in [0.3, 0.4) is 0 Å². The van der Waals surface area contributed by atoms with Crippen LogP contribution in [0.5, 0.6) is 0 Å². The van der Waals surface area contributed by atoms with Crippen LogP contribution < -0.4 is 0 Å². The van der Waals surface area contributed by atoms with Gasteiger partial charge in [-0.05, 0) is 23.3 Å².